The van der Waals surface area contributed by atoms with Crippen molar-refractivity contribution in [3.8, 4) is 0 Å². The number of aryl methyl sites for hydroxylation is 2. The Balaban J connectivity index is 1.68. The molecule has 8 nitrogen and oxygen atoms in total. The number of aromatic nitrogens is 3. The normalized spacial score (nSPS) is 10.9. The van der Waals surface area contributed by atoms with Crippen LogP contribution in [-0.2, 0) is 17.9 Å². The van der Waals surface area contributed by atoms with Crippen molar-refractivity contribution in [1.29, 1.82) is 0 Å². The molecule has 124 valence electrons. The van der Waals surface area contributed by atoms with Gasteiger partial charge in [-0.3, -0.25) is 9.59 Å². The minimum Gasteiger partial charge on any atom is -0.480 e. The van der Waals surface area contributed by atoms with E-state index >= 15 is 0 Å². The van der Waals surface area contributed by atoms with E-state index in [2.05, 4.69) is 15.6 Å². The summed E-state index contributed by atoms with van der Waals surface area (Å²) in [6.07, 6.45) is 1.47. The lowest BCUT2D eigenvalue weighted by molar-refractivity contribution is -0.137. The average molecular weight is 328 g/mol. The smallest absolute Gasteiger partial charge is 0.325 e. The summed E-state index contributed by atoms with van der Waals surface area (Å²) in [6.45, 7) is 3.84. The van der Waals surface area contributed by atoms with Gasteiger partial charge in [-0.1, -0.05) is 5.21 Å². The van der Waals surface area contributed by atoms with Crippen molar-refractivity contribution >= 4 is 22.8 Å². The molecule has 3 rings (SSSR count). The summed E-state index contributed by atoms with van der Waals surface area (Å²) >= 11 is 0. The maximum absolute atomic E-state index is 12.2. The summed E-state index contributed by atoms with van der Waals surface area (Å²) in [5.74, 6) is -1.16. The third-order valence-electron chi connectivity index (χ3n) is 3.67. The van der Waals surface area contributed by atoms with Crippen LogP contribution in [0.25, 0.3) is 11.0 Å². The Kier molecular flexibility index (Phi) is 4.03. The fourth-order valence-corrected chi connectivity index (χ4v) is 2.31. The lowest BCUT2D eigenvalue weighted by Crippen LogP contribution is -2.22. The van der Waals surface area contributed by atoms with Crippen LogP contribution < -0.4 is 5.32 Å². The first-order valence-electron chi connectivity index (χ1n) is 7.32. The molecule has 0 fully saturated rings. The Hall–Kier alpha value is -3.16. The first-order valence-corrected chi connectivity index (χ1v) is 7.32. The van der Waals surface area contributed by atoms with Crippen molar-refractivity contribution in [1.82, 2.24) is 20.3 Å². The van der Waals surface area contributed by atoms with Crippen LogP contribution in [0.1, 0.15) is 27.4 Å². The molecule has 0 aliphatic rings. The number of carbonyl (C=O) groups excluding carboxylic acids is 1. The number of rotatable bonds is 5. The molecule has 2 aromatic heterocycles. The highest BCUT2D eigenvalue weighted by molar-refractivity contribution is 5.96. The van der Waals surface area contributed by atoms with Gasteiger partial charge in [-0.2, -0.15) is 0 Å². The van der Waals surface area contributed by atoms with E-state index in [1.807, 2.05) is 26.0 Å². The minimum absolute atomic E-state index is 0.132. The molecular formula is C16H16N4O4. The van der Waals surface area contributed by atoms with Crippen LogP contribution in [0, 0.1) is 13.8 Å². The molecule has 1 amide bonds. The highest BCUT2D eigenvalue weighted by Gasteiger charge is 2.14. The molecule has 0 saturated heterocycles. The van der Waals surface area contributed by atoms with Gasteiger partial charge in [0.15, 0.2) is 5.76 Å². The molecule has 0 saturated carbocycles. The molecule has 3 aromatic rings. The molecule has 0 aliphatic heterocycles. The Morgan fingerprint density at radius 2 is 2.00 bits per heavy atom. The number of carbonyl (C=O) groups is 2. The van der Waals surface area contributed by atoms with Gasteiger partial charge in [0.25, 0.3) is 5.91 Å². The van der Waals surface area contributed by atoms with Crippen LogP contribution in [0.4, 0.5) is 0 Å². The zero-order valence-corrected chi connectivity index (χ0v) is 13.2. The number of amides is 1. The number of aliphatic carboxylic acids is 1. The Bertz CT molecular complexity index is 886. The third-order valence-corrected chi connectivity index (χ3v) is 3.67. The predicted molar refractivity (Wildman–Crippen MR) is 84.5 cm³/mol. The van der Waals surface area contributed by atoms with Crippen molar-refractivity contribution in [3.63, 3.8) is 0 Å². The second-order valence-corrected chi connectivity index (χ2v) is 5.57. The molecule has 24 heavy (non-hydrogen) atoms. The van der Waals surface area contributed by atoms with Gasteiger partial charge in [0.1, 0.15) is 17.8 Å². The molecule has 0 aliphatic carbocycles. The highest BCUT2D eigenvalue weighted by Crippen LogP contribution is 2.23. The van der Waals surface area contributed by atoms with Crippen molar-refractivity contribution in [2.45, 2.75) is 26.9 Å². The number of nitrogens with one attached hydrogen (secondary N) is 1. The fourth-order valence-electron chi connectivity index (χ4n) is 2.31. The molecule has 0 atom stereocenters. The second-order valence-electron chi connectivity index (χ2n) is 5.57. The molecular weight excluding hydrogens is 312 g/mol. The van der Waals surface area contributed by atoms with Crippen LogP contribution >= 0.6 is 0 Å². The monoisotopic (exact) mass is 328 g/mol. The van der Waals surface area contributed by atoms with E-state index < -0.39 is 5.97 Å². The van der Waals surface area contributed by atoms with E-state index in [0.717, 1.165) is 16.5 Å². The predicted octanol–water partition coefficient (Wildman–Crippen LogP) is 1.66. The van der Waals surface area contributed by atoms with E-state index in [1.165, 1.54) is 10.9 Å². The summed E-state index contributed by atoms with van der Waals surface area (Å²) in [7, 11) is 0. The lowest BCUT2D eigenvalue weighted by atomic mass is 10.1. The summed E-state index contributed by atoms with van der Waals surface area (Å²) in [6, 6.07) is 5.57. The van der Waals surface area contributed by atoms with Crippen LogP contribution in [0.2, 0.25) is 0 Å². The first-order chi connectivity index (χ1) is 11.4. The van der Waals surface area contributed by atoms with Crippen molar-refractivity contribution in [2.24, 2.45) is 0 Å². The summed E-state index contributed by atoms with van der Waals surface area (Å²) in [5.41, 5.74) is 3.35. The SMILES string of the molecule is Cc1cc2cc(C(=O)NCc3cn(CC(=O)O)nn3)oc2cc1C. The molecule has 0 bridgehead atoms. The molecule has 0 radical (unpaired) electrons. The van der Waals surface area contributed by atoms with Crippen molar-refractivity contribution in [2.75, 3.05) is 0 Å². The molecule has 0 unspecified atom stereocenters. The summed E-state index contributed by atoms with van der Waals surface area (Å²) < 4.78 is 6.77. The number of furan rings is 1. The van der Waals surface area contributed by atoms with E-state index in [4.69, 9.17) is 9.52 Å². The summed E-state index contributed by atoms with van der Waals surface area (Å²) in [5, 5.41) is 19.7. The number of fused-ring (bicyclic) bond motifs is 1. The van der Waals surface area contributed by atoms with Gasteiger partial charge in [0.05, 0.1) is 12.7 Å². The standard InChI is InChI=1S/C16H16N4O4/c1-9-3-11-5-14(24-13(11)4-10(9)2)16(23)17-6-12-7-20(19-18-12)8-15(21)22/h3-5,7H,6,8H2,1-2H3,(H,17,23)(H,21,22). The maximum Gasteiger partial charge on any atom is 0.325 e. The largest absolute Gasteiger partial charge is 0.480 e. The Labute approximate surface area is 137 Å². The Morgan fingerprint density at radius 1 is 1.25 bits per heavy atom. The molecule has 2 N–H and O–H groups in total. The van der Waals surface area contributed by atoms with E-state index in [0.29, 0.717) is 11.3 Å². The van der Waals surface area contributed by atoms with Crippen LogP contribution in [0.15, 0.2) is 28.8 Å². The van der Waals surface area contributed by atoms with Crippen LogP contribution in [-0.4, -0.2) is 32.0 Å². The number of benzene rings is 1. The van der Waals surface area contributed by atoms with Crippen LogP contribution in [0.5, 0.6) is 0 Å². The van der Waals surface area contributed by atoms with Crippen molar-refractivity contribution in [3.05, 3.63) is 47.0 Å². The number of hydrogen-bond donors (Lipinski definition) is 2. The quantitative estimate of drug-likeness (QED) is 0.737. The average Bonchev–Trinajstić information content (AvgIpc) is 3.11. The van der Waals surface area contributed by atoms with Crippen molar-refractivity contribution < 1.29 is 19.1 Å². The molecule has 1 aromatic carbocycles. The van der Waals surface area contributed by atoms with Gasteiger partial charge in [-0.25, -0.2) is 4.68 Å². The number of nitrogens with zero attached hydrogens (tertiary/aromatic N) is 3. The number of carboxylic acid groups (broad SMARTS) is 1. The van der Waals surface area contributed by atoms with Gasteiger partial charge in [0, 0.05) is 5.39 Å². The lowest BCUT2D eigenvalue weighted by Gasteiger charge is -1.99. The van der Waals surface area contributed by atoms with E-state index in [1.54, 1.807) is 6.07 Å². The zero-order valence-electron chi connectivity index (χ0n) is 13.2. The molecule has 2 heterocycles. The Morgan fingerprint density at radius 3 is 2.75 bits per heavy atom. The van der Waals surface area contributed by atoms with Gasteiger partial charge >= 0.3 is 5.97 Å². The van der Waals surface area contributed by atoms with Gasteiger partial charge < -0.3 is 14.8 Å². The number of hydrogen-bond acceptors (Lipinski definition) is 5. The zero-order chi connectivity index (χ0) is 17.3. The van der Waals surface area contributed by atoms with Gasteiger partial charge in [-0.05, 0) is 43.2 Å². The topological polar surface area (TPSA) is 110 Å². The fraction of sp³-hybridized carbons (Fsp3) is 0.250. The van der Waals surface area contributed by atoms with Gasteiger partial charge in [-0.15, -0.1) is 5.10 Å². The third kappa shape index (κ3) is 3.27. The second kappa shape index (κ2) is 6.15. The van der Waals surface area contributed by atoms with E-state index in [-0.39, 0.29) is 24.8 Å². The van der Waals surface area contributed by atoms with E-state index in [9.17, 15) is 9.59 Å². The maximum atomic E-state index is 12.2. The number of carboxylic acids is 1. The highest BCUT2D eigenvalue weighted by atomic mass is 16.4. The molecule has 0 spiro atoms. The first kappa shape index (κ1) is 15.7. The van der Waals surface area contributed by atoms with Crippen LogP contribution in [0.3, 0.4) is 0 Å². The molecule has 8 heteroatoms. The van der Waals surface area contributed by atoms with Gasteiger partial charge in [0.2, 0.25) is 0 Å². The minimum atomic E-state index is -1.01. The summed E-state index contributed by atoms with van der Waals surface area (Å²) in [4.78, 5) is 22.8.